The normalized spacial score (nSPS) is 10.4. The van der Waals surface area contributed by atoms with Gasteiger partial charge in [0.05, 0.1) is 17.7 Å². The van der Waals surface area contributed by atoms with Crippen molar-refractivity contribution in [1.29, 1.82) is 0 Å². The van der Waals surface area contributed by atoms with Gasteiger partial charge in [-0.2, -0.15) is 0 Å². The largest absolute Gasteiger partial charge is 0.397 e. The first-order valence-corrected chi connectivity index (χ1v) is 4.68. The number of rotatable bonds is 2. The SMILES string of the molecule is CCc1ccc(N)c(-n2ccnc2)c1. The molecule has 14 heavy (non-hydrogen) atoms. The van der Waals surface area contributed by atoms with E-state index in [1.807, 2.05) is 16.8 Å². The van der Waals surface area contributed by atoms with E-state index >= 15 is 0 Å². The smallest absolute Gasteiger partial charge is 0.0992 e. The molecule has 1 heterocycles. The molecule has 2 aromatic rings. The maximum Gasteiger partial charge on any atom is 0.0992 e. The van der Waals surface area contributed by atoms with Gasteiger partial charge in [-0.25, -0.2) is 4.98 Å². The van der Waals surface area contributed by atoms with Gasteiger partial charge in [0.1, 0.15) is 0 Å². The number of nitrogens with zero attached hydrogens (tertiary/aromatic N) is 2. The van der Waals surface area contributed by atoms with E-state index in [1.165, 1.54) is 5.56 Å². The molecule has 3 heteroatoms. The molecule has 2 N–H and O–H groups in total. The molecule has 0 unspecified atom stereocenters. The molecule has 2 rings (SSSR count). The number of anilines is 1. The summed E-state index contributed by atoms with van der Waals surface area (Å²) in [5.41, 5.74) is 8.95. The van der Waals surface area contributed by atoms with Crippen LogP contribution in [0.15, 0.2) is 36.9 Å². The molecule has 1 aromatic heterocycles. The number of nitrogens with two attached hydrogens (primary N) is 1. The van der Waals surface area contributed by atoms with E-state index in [-0.39, 0.29) is 0 Å². The number of hydrogen-bond donors (Lipinski definition) is 1. The monoisotopic (exact) mass is 187 g/mol. The van der Waals surface area contributed by atoms with Crippen molar-refractivity contribution in [1.82, 2.24) is 9.55 Å². The second-order valence-electron chi connectivity index (χ2n) is 3.22. The number of benzene rings is 1. The zero-order chi connectivity index (χ0) is 9.97. The first-order valence-electron chi connectivity index (χ1n) is 4.68. The Hall–Kier alpha value is -1.77. The summed E-state index contributed by atoms with van der Waals surface area (Å²) in [6, 6.07) is 6.08. The van der Waals surface area contributed by atoms with Crippen LogP contribution in [-0.4, -0.2) is 9.55 Å². The van der Waals surface area contributed by atoms with Crippen LogP contribution in [0.3, 0.4) is 0 Å². The summed E-state index contributed by atoms with van der Waals surface area (Å²) in [5.74, 6) is 0. The quantitative estimate of drug-likeness (QED) is 0.731. The Labute approximate surface area is 83.2 Å². The zero-order valence-corrected chi connectivity index (χ0v) is 8.14. The highest BCUT2D eigenvalue weighted by molar-refractivity contribution is 5.59. The van der Waals surface area contributed by atoms with Crippen molar-refractivity contribution in [2.24, 2.45) is 0 Å². The van der Waals surface area contributed by atoms with E-state index < -0.39 is 0 Å². The van der Waals surface area contributed by atoms with Crippen molar-refractivity contribution in [3.05, 3.63) is 42.5 Å². The predicted molar refractivity (Wildman–Crippen MR) is 57.4 cm³/mol. The lowest BCUT2D eigenvalue weighted by atomic mass is 10.1. The van der Waals surface area contributed by atoms with Crippen LogP contribution < -0.4 is 5.73 Å². The maximum absolute atomic E-state index is 5.89. The number of hydrogen-bond acceptors (Lipinski definition) is 2. The molecule has 0 aliphatic rings. The highest BCUT2D eigenvalue weighted by Crippen LogP contribution is 2.18. The molecular weight excluding hydrogens is 174 g/mol. The van der Waals surface area contributed by atoms with Crippen LogP contribution in [0.1, 0.15) is 12.5 Å². The van der Waals surface area contributed by atoms with E-state index in [1.54, 1.807) is 12.5 Å². The van der Waals surface area contributed by atoms with Crippen LogP contribution in [0.2, 0.25) is 0 Å². The molecule has 0 atom stereocenters. The minimum absolute atomic E-state index is 0.778. The highest BCUT2D eigenvalue weighted by atomic mass is 15.0. The van der Waals surface area contributed by atoms with E-state index in [0.29, 0.717) is 0 Å². The molecular formula is C11H13N3. The van der Waals surface area contributed by atoms with Gasteiger partial charge in [0.15, 0.2) is 0 Å². The summed E-state index contributed by atoms with van der Waals surface area (Å²) < 4.78 is 1.93. The van der Waals surface area contributed by atoms with Crippen LogP contribution in [0.25, 0.3) is 5.69 Å². The third kappa shape index (κ3) is 1.48. The van der Waals surface area contributed by atoms with Gasteiger partial charge in [0.2, 0.25) is 0 Å². The number of nitrogen functional groups attached to an aromatic ring is 1. The number of aryl methyl sites for hydroxylation is 1. The Balaban J connectivity index is 2.51. The summed E-state index contributed by atoms with van der Waals surface area (Å²) in [4.78, 5) is 4.00. The average molecular weight is 187 g/mol. The Kier molecular flexibility index (Phi) is 2.23. The molecule has 0 aliphatic heterocycles. The lowest BCUT2D eigenvalue weighted by Gasteiger charge is -2.07. The highest BCUT2D eigenvalue weighted by Gasteiger charge is 2.01. The average Bonchev–Trinajstić information content (AvgIpc) is 2.71. The van der Waals surface area contributed by atoms with Crippen molar-refractivity contribution >= 4 is 5.69 Å². The summed E-state index contributed by atoms with van der Waals surface area (Å²) in [5, 5.41) is 0. The molecule has 0 bridgehead atoms. The van der Waals surface area contributed by atoms with Crippen LogP contribution in [0.5, 0.6) is 0 Å². The zero-order valence-electron chi connectivity index (χ0n) is 8.14. The third-order valence-corrected chi connectivity index (χ3v) is 2.29. The van der Waals surface area contributed by atoms with Crippen molar-refractivity contribution in [3.8, 4) is 5.69 Å². The first-order chi connectivity index (χ1) is 6.81. The number of imidazole rings is 1. The standard InChI is InChI=1S/C11H13N3/c1-2-9-3-4-10(12)11(7-9)14-6-5-13-8-14/h3-8H,2,12H2,1H3. The van der Waals surface area contributed by atoms with E-state index in [9.17, 15) is 0 Å². The van der Waals surface area contributed by atoms with Gasteiger partial charge < -0.3 is 10.3 Å². The lowest BCUT2D eigenvalue weighted by Crippen LogP contribution is -1.98. The molecule has 0 saturated heterocycles. The molecule has 0 spiro atoms. The minimum Gasteiger partial charge on any atom is -0.397 e. The predicted octanol–water partition coefficient (Wildman–Crippen LogP) is 2.02. The Bertz CT molecular complexity index is 418. The second kappa shape index (κ2) is 3.54. The molecule has 1 aromatic carbocycles. The van der Waals surface area contributed by atoms with Crippen LogP contribution >= 0.6 is 0 Å². The third-order valence-electron chi connectivity index (χ3n) is 2.29. The fourth-order valence-corrected chi connectivity index (χ4v) is 1.43. The van der Waals surface area contributed by atoms with Crippen molar-refractivity contribution < 1.29 is 0 Å². The molecule has 0 saturated carbocycles. The first kappa shape index (κ1) is 8.81. The van der Waals surface area contributed by atoms with Crippen molar-refractivity contribution in [2.45, 2.75) is 13.3 Å². The second-order valence-corrected chi connectivity index (χ2v) is 3.22. The van der Waals surface area contributed by atoms with E-state index in [0.717, 1.165) is 17.8 Å². The molecule has 0 aliphatic carbocycles. The molecule has 0 radical (unpaired) electrons. The molecule has 3 nitrogen and oxygen atoms in total. The van der Waals surface area contributed by atoms with Crippen molar-refractivity contribution in [3.63, 3.8) is 0 Å². The summed E-state index contributed by atoms with van der Waals surface area (Å²) in [6.07, 6.45) is 6.41. The summed E-state index contributed by atoms with van der Waals surface area (Å²) >= 11 is 0. The van der Waals surface area contributed by atoms with Crippen LogP contribution in [0, 0.1) is 0 Å². The minimum atomic E-state index is 0.778. The Morgan fingerprint density at radius 1 is 1.43 bits per heavy atom. The molecule has 72 valence electrons. The Morgan fingerprint density at radius 2 is 2.29 bits per heavy atom. The topological polar surface area (TPSA) is 43.8 Å². The van der Waals surface area contributed by atoms with Gasteiger partial charge in [-0.15, -0.1) is 0 Å². The molecule has 0 fully saturated rings. The Morgan fingerprint density at radius 3 is 2.93 bits per heavy atom. The van der Waals surface area contributed by atoms with Crippen LogP contribution in [0.4, 0.5) is 5.69 Å². The maximum atomic E-state index is 5.89. The molecule has 0 amide bonds. The van der Waals surface area contributed by atoms with Crippen molar-refractivity contribution in [2.75, 3.05) is 5.73 Å². The van der Waals surface area contributed by atoms with Gasteiger partial charge >= 0.3 is 0 Å². The van der Waals surface area contributed by atoms with Gasteiger partial charge in [0, 0.05) is 12.4 Å². The van der Waals surface area contributed by atoms with Gasteiger partial charge in [-0.3, -0.25) is 0 Å². The number of aromatic nitrogens is 2. The van der Waals surface area contributed by atoms with E-state index in [4.69, 9.17) is 5.73 Å². The fraction of sp³-hybridized carbons (Fsp3) is 0.182. The van der Waals surface area contributed by atoms with Gasteiger partial charge in [-0.1, -0.05) is 13.0 Å². The van der Waals surface area contributed by atoms with Gasteiger partial charge in [0.25, 0.3) is 0 Å². The fourth-order valence-electron chi connectivity index (χ4n) is 1.43. The van der Waals surface area contributed by atoms with Gasteiger partial charge in [-0.05, 0) is 24.1 Å². The lowest BCUT2D eigenvalue weighted by molar-refractivity contribution is 1.04. The summed E-state index contributed by atoms with van der Waals surface area (Å²) in [7, 11) is 0. The van der Waals surface area contributed by atoms with Crippen LogP contribution in [-0.2, 0) is 6.42 Å². The van der Waals surface area contributed by atoms with E-state index in [2.05, 4.69) is 24.0 Å². The summed E-state index contributed by atoms with van der Waals surface area (Å²) in [6.45, 7) is 2.13.